The van der Waals surface area contributed by atoms with Crippen LogP contribution in [0.4, 0.5) is 4.39 Å². The van der Waals surface area contributed by atoms with Gasteiger partial charge in [-0.3, -0.25) is 4.79 Å². The molecular formula is C30H31FO4. The molecule has 4 nitrogen and oxygen atoms in total. The third kappa shape index (κ3) is 5.67. The highest BCUT2D eigenvalue weighted by Gasteiger charge is 2.28. The van der Waals surface area contributed by atoms with Crippen molar-refractivity contribution in [1.29, 1.82) is 0 Å². The number of carbonyl (C=O) groups is 1. The van der Waals surface area contributed by atoms with Gasteiger partial charge in [0.2, 0.25) is 6.79 Å². The van der Waals surface area contributed by atoms with E-state index in [9.17, 15) is 9.18 Å². The van der Waals surface area contributed by atoms with Gasteiger partial charge in [-0.15, -0.1) is 0 Å². The van der Waals surface area contributed by atoms with Crippen LogP contribution < -0.4 is 14.2 Å². The number of hydrogen-bond acceptors (Lipinski definition) is 4. The molecule has 0 saturated heterocycles. The molecule has 0 radical (unpaired) electrons. The fourth-order valence-corrected chi connectivity index (χ4v) is 5.24. The first-order valence-electron chi connectivity index (χ1n) is 12.6. The topological polar surface area (TPSA) is 44.8 Å². The number of aryl methyl sites for hydroxylation is 1. The number of rotatable bonds is 9. The van der Waals surface area contributed by atoms with E-state index in [1.165, 1.54) is 11.6 Å². The van der Waals surface area contributed by atoms with Crippen LogP contribution in [0.5, 0.6) is 17.2 Å². The second kappa shape index (κ2) is 10.9. The zero-order valence-electron chi connectivity index (χ0n) is 19.9. The normalized spacial score (nSPS) is 18.9. The number of carbonyl (C=O) groups excluding carboxylic acids is 1. The molecule has 2 atom stereocenters. The number of fused-ring (bicyclic) bond motifs is 1. The van der Waals surface area contributed by atoms with Crippen LogP contribution in [0.25, 0.3) is 0 Å². The molecule has 2 aliphatic rings. The molecule has 1 aliphatic heterocycles. The van der Waals surface area contributed by atoms with Crippen molar-refractivity contribution in [3.63, 3.8) is 0 Å². The van der Waals surface area contributed by atoms with E-state index in [1.807, 2.05) is 42.5 Å². The number of ether oxygens (including phenoxy) is 3. The first-order valence-corrected chi connectivity index (χ1v) is 12.6. The minimum Gasteiger partial charge on any atom is -0.493 e. The van der Waals surface area contributed by atoms with Crippen molar-refractivity contribution in [3.05, 3.63) is 89.2 Å². The van der Waals surface area contributed by atoms with Gasteiger partial charge in [0.15, 0.2) is 17.3 Å². The Morgan fingerprint density at radius 1 is 0.943 bits per heavy atom. The third-order valence-corrected chi connectivity index (χ3v) is 7.15. The largest absolute Gasteiger partial charge is 0.493 e. The van der Waals surface area contributed by atoms with Gasteiger partial charge >= 0.3 is 0 Å². The molecule has 1 fully saturated rings. The summed E-state index contributed by atoms with van der Waals surface area (Å²) < 4.78 is 31.6. The molecule has 0 bridgehead atoms. The van der Waals surface area contributed by atoms with Gasteiger partial charge in [0.25, 0.3) is 0 Å². The maximum atomic E-state index is 14.6. The Labute approximate surface area is 206 Å². The van der Waals surface area contributed by atoms with E-state index in [4.69, 9.17) is 14.2 Å². The Bertz CT molecular complexity index is 1160. The molecule has 0 N–H and O–H groups in total. The summed E-state index contributed by atoms with van der Waals surface area (Å²) in [5, 5.41) is 0. The lowest BCUT2D eigenvalue weighted by Crippen LogP contribution is -2.24. The highest BCUT2D eigenvalue weighted by atomic mass is 19.1. The predicted molar refractivity (Wildman–Crippen MR) is 133 cm³/mol. The number of ketones is 1. The molecular weight excluding hydrogens is 443 g/mol. The molecule has 1 aliphatic carbocycles. The third-order valence-electron chi connectivity index (χ3n) is 7.15. The minimum absolute atomic E-state index is 0.121. The first-order chi connectivity index (χ1) is 17.2. The molecule has 5 rings (SSSR count). The first kappa shape index (κ1) is 23.4. The maximum Gasteiger partial charge on any atom is 0.231 e. The Morgan fingerprint density at radius 3 is 2.66 bits per heavy atom. The summed E-state index contributed by atoms with van der Waals surface area (Å²) >= 11 is 0. The van der Waals surface area contributed by atoms with Crippen molar-refractivity contribution in [2.75, 3.05) is 13.4 Å². The van der Waals surface area contributed by atoms with E-state index < -0.39 is 5.82 Å². The average molecular weight is 475 g/mol. The molecule has 35 heavy (non-hydrogen) atoms. The summed E-state index contributed by atoms with van der Waals surface area (Å²) in [5.74, 6) is 2.20. The Balaban J connectivity index is 1.24. The molecule has 0 amide bonds. The SMILES string of the molecule is O=C(CCCc1ccccc1)c1cc([C@@H]2CCCC[C@H]2COc2ccc3c(c2)OCO3)ccc1F. The fraction of sp³-hybridized carbons (Fsp3) is 0.367. The Kier molecular flexibility index (Phi) is 7.31. The van der Waals surface area contributed by atoms with Crippen molar-refractivity contribution < 1.29 is 23.4 Å². The number of benzene rings is 3. The highest BCUT2D eigenvalue weighted by Crippen LogP contribution is 2.40. The van der Waals surface area contributed by atoms with E-state index >= 15 is 0 Å². The van der Waals surface area contributed by atoms with Gasteiger partial charge in [-0.05, 0) is 72.9 Å². The minimum atomic E-state index is -0.428. The Hall–Kier alpha value is -3.34. The molecule has 3 aromatic carbocycles. The summed E-state index contributed by atoms with van der Waals surface area (Å²) in [6.07, 6.45) is 6.21. The van der Waals surface area contributed by atoms with Crippen LogP contribution in [0.3, 0.4) is 0 Å². The zero-order chi connectivity index (χ0) is 24.0. The zero-order valence-corrected chi connectivity index (χ0v) is 19.9. The fourth-order valence-electron chi connectivity index (χ4n) is 5.24. The van der Waals surface area contributed by atoms with E-state index in [0.717, 1.165) is 49.2 Å². The number of Topliss-reactive ketones (excluding diaryl/α,β-unsaturated/α-hetero) is 1. The quantitative estimate of drug-likeness (QED) is 0.310. The van der Waals surface area contributed by atoms with Gasteiger partial charge < -0.3 is 14.2 Å². The molecule has 182 valence electrons. The number of halogens is 1. The van der Waals surface area contributed by atoms with Gasteiger partial charge in [0.05, 0.1) is 12.2 Å². The molecule has 3 aromatic rings. The summed E-state index contributed by atoms with van der Waals surface area (Å²) in [5.41, 5.74) is 2.45. The lowest BCUT2D eigenvalue weighted by atomic mass is 9.75. The van der Waals surface area contributed by atoms with Crippen molar-refractivity contribution in [2.24, 2.45) is 5.92 Å². The number of hydrogen-bond donors (Lipinski definition) is 0. The van der Waals surface area contributed by atoms with Crippen LogP contribution in [0, 0.1) is 11.7 Å². The van der Waals surface area contributed by atoms with Crippen LogP contribution >= 0.6 is 0 Å². The van der Waals surface area contributed by atoms with Crippen molar-refractivity contribution in [2.45, 2.75) is 50.9 Å². The van der Waals surface area contributed by atoms with Crippen LogP contribution in [-0.4, -0.2) is 19.2 Å². The van der Waals surface area contributed by atoms with Crippen molar-refractivity contribution in [1.82, 2.24) is 0 Å². The van der Waals surface area contributed by atoms with Gasteiger partial charge in [-0.25, -0.2) is 4.39 Å². The standard InChI is InChI=1S/C30H31FO4/c31-27-15-13-22(17-26(27)28(32)12-6-9-21-7-2-1-3-8-21)25-11-5-4-10-23(25)19-33-24-14-16-29-30(18-24)35-20-34-29/h1-3,7-8,13-18,23,25H,4-6,9-12,19-20H2/t23-,25-/m0/s1. The van der Waals surface area contributed by atoms with Gasteiger partial charge in [0, 0.05) is 12.5 Å². The van der Waals surface area contributed by atoms with E-state index in [-0.39, 0.29) is 24.1 Å². The predicted octanol–water partition coefficient (Wildman–Crippen LogP) is 7.11. The molecule has 1 saturated carbocycles. The molecule has 1 heterocycles. The van der Waals surface area contributed by atoms with Crippen LogP contribution in [0.2, 0.25) is 0 Å². The van der Waals surface area contributed by atoms with Gasteiger partial charge in [-0.2, -0.15) is 0 Å². The van der Waals surface area contributed by atoms with Crippen LogP contribution in [0.1, 0.15) is 65.9 Å². The second-order valence-electron chi connectivity index (χ2n) is 9.48. The molecule has 0 spiro atoms. The molecule has 5 heteroatoms. The van der Waals surface area contributed by atoms with E-state index in [0.29, 0.717) is 31.1 Å². The maximum absolute atomic E-state index is 14.6. The molecule has 0 aromatic heterocycles. The average Bonchev–Trinajstić information content (AvgIpc) is 3.37. The Morgan fingerprint density at radius 2 is 1.77 bits per heavy atom. The second-order valence-corrected chi connectivity index (χ2v) is 9.48. The lowest BCUT2D eigenvalue weighted by Gasteiger charge is -2.32. The monoisotopic (exact) mass is 474 g/mol. The summed E-state index contributed by atoms with van der Waals surface area (Å²) in [6.45, 7) is 0.809. The van der Waals surface area contributed by atoms with Gasteiger partial charge in [0.1, 0.15) is 11.6 Å². The van der Waals surface area contributed by atoms with Crippen molar-refractivity contribution in [3.8, 4) is 17.2 Å². The van der Waals surface area contributed by atoms with Crippen LogP contribution in [-0.2, 0) is 6.42 Å². The van der Waals surface area contributed by atoms with Gasteiger partial charge in [-0.1, -0.05) is 49.2 Å². The summed E-state index contributed by atoms with van der Waals surface area (Å²) in [6, 6.07) is 20.8. The van der Waals surface area contributed by atoms with Crippen LogP contribution in [0.15, 0.2) is 66.7 Å². The van der Waals surface area contributed by atoms with E-state index in [2.05, 4.69) is 12.1 Å². The summed E-state index contributed by atoms with van der Waals surface area (Å²) in [4.78, 5) is 12.9. The highest BCUT2D eigenvalue weighted by molar-refractivity contribution is 5.96. The van der Waals surface area contributed by atoms with E-state index in [1.54, 1.807) is 6.07 Å². The lowest BCUT2D eigenvalue weighted by molar-refractivity contribution is 0.0976. The summed E-state index contributed by atoms with van der Waals surface area (Å²) in [7, 11) is 0. The van der Waals surface area contributed by atoms with Crippen molar-refractivity contribution >= 4 is 5.78 Å². The smallest absolute Gasteiger partial charge is 0.231 e. The molecule has 0 unspecified atom stereocenters.